The zero-order chi connectivity index (χ0) is 18.1. The van der Waals surface area contributed by atoms with Crippen LogP contribution in [0, 0.1) is 10.1 Å². The summed E-state index contributed by atoms with van der Waals surface area (Å²) in [7, 11) is 4.05. The Kier molecular flexibility index (Phi) is 6.27. The Morgan fingerprint density at radius 2 is 2.12 bits per heavy atom. The van der Waals surface area contributed by atoms with Crippen molar-refractivity contribution in [2.45, 2.75) is 12.5 Å². The van der Waals surface area contributed by atoms with E-state index in [0.717, 1.165) is 37.0 Å². The van der Waals surface area contributed by atoms with Crippen LogP contribution in [0.1, 0.15) is 12.0 Å². The van der Waals surface area contributed by atoms with Gasteiger partial charge in [0.15, 0.2) is 0 Å². The number of rotatable bonds is 4. The summed E-state index contributed by atoms with van der Waals surface area (Å²) in [6.07, 6.45) is 2.55. The minimum Gasteiger partial charge on any atom is -0.369 e. The fraction of sp³-hybridized carbons (Fsp3) is 0.375. The summed E-state index contributed by atoms with van der Waals surface area (Å²) in [6, 6.07) is 5.03. The van der Waals surface area contributed by atoms with Crippen molar-refractivity contribution >= 4 is 52.8 Å². The van der Waals surface area contributed by atoms with Gasteiger partial charge < -0.3 is 9.80 Å². The number of likely N-dealkylation sites (N-methyl/N-ethyl adjacent to an activating group) is 1. The van der Waals surface area contributed by atoms with Crippen LogP contribution in [-0.4, -0.2) is 54.2 Å². The van der Waals surface area contributed by atoms with Crippen LogP contribution >= 0.6 is 24.2 Å². The fourth-order valence-corrected chi connectivity index (χ4v) is 3.68. The van der Waals surface area contributed by atoms with Crippen molar-refractivity contribution in [3.63, 3.8) is 0 Å². The molecule has 26 heavy (non-hydrogen) atoms. The molecule has 0 bridgehead atoms. The molecule has 1 aromatic carbocycles. The summed E-state index contributed by atoms with van der Waals surface area (Å²) in [5, 5.41) is 12.9. The Morgan fingerprint density at radius 1 is 1.38 bits per heavy atom. The van der Waals surface area contributed by atoms with Gasteiger partial charge in [0.25, 0.3) is 16.8 Å². The Hall–Kier alpha value is -2.10. The molecule has 3 rings (SSSR count). The van der Waals surface area contributed by atoms with Crippen molar-refractivity contribution in [1.82, 2.24) is 10.2 Å². The van der Waals surface area contributed by atoms with Gasteiger partial charge in [-0.1, -0.05) is 0 Å². The lowest BCUT2D eigenvalue weighted by atomic mass is 10.1. The number of hydrogen-bond acceptors (Lipinski definition) is 7. The molecule has 1 N–H and O–H groups in total. The van der Waals surface area contributed by atoms with Gasteiger partial charge in [-0.3, -0.25) is 25.0 Å². The third-order valence-electron chi connectivity index (χ3n) is 4.38. The van der Waals surface area contributed by atoms with Crippen LogP contribution < -0.4 is 10.2 Å². The number of nitrogens with one attached hydrogen (secondary N) is 1. The van der Waals surface area contributed by atoms with Gasteiger partial charge in [0.05, 0.1) is 9.83 Å². The number of carbonyl (C=O) groups excluding carboxylic acids is 2. The summed E-state index contributed by atoms with van der Waals surface area (Å²) in [5.41, 5.74) is 1.35. The van der Waals surface area contributed by atoms with Crippen molar-refractivity contribution < 1.29 is 14.5 Å². The monoisotopic (exact) mass is 398 g/mol. The standard InChI is InChI=1S/C16H18N4O4S.ClH/c1-18(2)12-5-6-19(9-12)13-4-3-11(20(23)24)7-10(13)8-14-15(21)17-16(22)25-14;/h3-4,7-8,12H,5-6,9H2,1-2H3,(H,17,21,22);1H/b14-8+;. The van der Waals surface area contributed by atoms with Crippen molar-refractivity contribution in [3.05, 3.63) is 38.8 Å². The first kappa shape index (κ1) is 20.2. The van der Waals surface area contributed by atoms with Crippen LogP contribution in [0.4, 0.5) is 16.2 Å². The topological polar surface area (TPSA) is 95.8 Å². The summed E-state index contributed by atoms with van der Waals surface area (Å²) in [4.78, 5) is 38.4. The predicted molar refractivity (Wildman–Crippen MR) is 104 cm³/mol. The van der Waals surface area contributed by atoms with Crippen LogP contribution in [-0.2, 0) is 4.79 Å². The average Bonchev–Trinajstić information content (AvgIpc) is 3.14. The Morgan fingerprint density at radius 3 is 2.65 bits per heavy atom. The first-order valence-electron chi connectivity index (χ1n) is 7.80. The number of halogens is 1. The molecule has 140 valence electrons. The molecule has 1 unspecified atom stereocenters. The maximum absolute atomic E-state index is 11.8. The zero-order valence-corrected chi connectivity index (χ0v) is 15.9. The maximum atomic E-state index is 11.8. The molecule has 0 aliphatic carbocycles. The number of nitro groups is 1. The van der Waals surface area contributed by atoms with Crippen LogP contribution in [0.15, 0.2) is 23.1 Å². The minimum absolute atomic E-state index is 0. The van der Waals surface area contributed by atoms with Gasteiger partial charge in [0.1, 0.15) is 0 Å². The van der Waals surface area contributed by atoms with Gasteiger partial charge in [-0.2, -0.15) is 0 Å². The summed E-state index contributed by atoms with van der Waals surface area (Å²) >= 11 is 0.804. The highest BCUT2D eigenvalue weighted by Crippen LogP contribution is 2.33. The second-order valence-electron chi connectivity index (χ2n) is 6.20. The van der Waals surface area contributed by atoms with E-state index in [1.165, 1.54) is 12.1 Å². The van der Waals surface area contributed by atoms with Crippen molar-refractivity contribution in [2.75, 3.05) is 32.1 Å². The molecule has 2 aliphatic heterocycles. The van der Waals surface area contributed by atoms with Gasteiger partial charge in [-0.15, -0.1) is 12.4 Å². The number of anilines is 1. The molecule has 2 fully saturated rings. The van der Waals surface area contributed by atoms with E-state index < -0.39 is 16.1 Å². The molecular weight excluding hydrogens is 380 g/mol. The molecule has 0 aromatic heterocycles. The van der Waals surface area contributed by atoms with Crippen LogP contribution in [0.2, 0.25) is 0 Å². The van der Waals surface area contributed by atoms with E-state index in [-0.39, 0.29) is 23.0 Å². The lowest BCUT2D eigenvalue weighted by Gasteiger charge is -2.23. The third kappa shape index (κ3) is 4.17. The van der Waals surface area contributed by atoms with Gasteiger partial charge in [0, 0.05) is 42.5 Å². The number of non-ortho nitro benzene ring substituents is 1. The zero-order valence-electron chi connectivity index (χ0n) is 14.3. The molecule has 2 aliphatic rings. The number of nitrogens with zero attached hydrogens (tertiary/aromatic N) is 3. The van der Waals surface area contributed by atoms with Crippen LogP contribution in [0.3, 0.4) is 0 Å². The van der Waals surface area contributed by atoms with Crippen LogP contribution in [0.25, 0.3) is 6.08 Å². The molecule has 8 nitrogen and oxygen atoms in total. The van der Waals surface area contributed by atoms with E-state index in [0.29, 0.717) is 11.6 Å². The van der Waals surface area contributed by atoms with Gasteiger partial charge in [-0.25, -0.2) is 0 Å². The summed E-state index contributed by atoms with van der Waals surface area (Å²) in [5.74, 6) is -0.472. The highest BCUT2D eigenvalue weighted by Gasteiger charge is 2.28. The third-order valence-corrected chi connectivity index (χ3v) is 5.20. The molecular formula is C16H19ClN4O4S. The number of carbonyl (C=O) groups is 2. The average molecular weight is 399 g/mol. The molecule has 2 heterocycles. The minimum atomic E-state index is -0.472. The lowest BCUT2D eigenvalue weighted by Crippen LogP contribution is -2.31. The van der Waals surface area contributed by atoms with Gasteiger partial charge in [-0.05, 0) is 44.4 Å². The SMILES string of the molecule is CN(C)C1CCN(c2ccc([N+](=O)[O-])cc2/C=C2/SC(=O)NC2=O)C1.Cl. The number of hydrogen-bond donors (Lipinski definition) is 1. The molecule has 1 aromatic rings. The Balaban J connectivity index is 0.00000243. The molecule has 2 amide bonds. The van der Waals surface area contributed by atoms with Gasteiger partial charge in [0.2, 0.25) is 0 Å². The predicted octanol–water partition coefficient (Wildman–Crippen LogP) is 2.48. The van der Waals surface area contributed by atoms with Crippen molar-refractivity contribution in [2.24, 2.45) is 0 Å². The van der Waals surface area contributed by atoms with E-state index in [4.69, 9.17) is 0 Å². The first-order valence-corrected chi connectivity index (χ1v) is 8.61. The molecule has 2 saturated heterocycles. The number of thioether (sulfide) groups is 1. The second kappa shape index (κ2) is 8.07. The van der Waals surface area contributed by atoms with E-state index >= 15 is 0 Å². The highest BCUT2D eigenvalue weighted by atomic mass is 35.5. The number of nitro benzene ring substituents is 1. The summed E-state index contributed by atoms with van der Waals surface area (Å²) in [6.45, 7) is 1.63. The molecule has 1 atom stereocenters. The lowest BCUT2D eigenvalue weighted by molar-refractivity contribution is -0.384. The van der Waals surface area contributed by atoms with Crippen molar-refractivity contribution in [1.29, 1.82) is 0 Å². The smallest absolute Gasteiger partial charge is 0.290 e. The normalized spacial score (nSPS) is 21.3. The van der Waals surface area contributed by atoms with E-state index in [9.17, 15) is 19.7 Å². The fourth-order valence-electron chi connectivity index (χ4n) is 3.00. The molecule has 0 spiro atoms. The number of benzene rings is 1. The van der Waals surface area contributed by atoms with Crippen LogP contribution in [0.5, 0.6) is 0 Å². The Labute approximate surface area is 161 Å². The highest BCUT2D eigenvalue weighted by molar-refractivity contribution is 8.18. The molecule has 0 saturated carbocycles. The summed E-state index contributed by atoms with van der Waals surface area (Å²) < 4.78 is 0. The number of imide groups is 1. The van der Waals surface area contributed by atoms with Gasteiger partial charge >= 0.3 is 0 Å². The quantitative estimate of drug-likeness (QED) is 0.472. The second-order valence-corrected chi connectivity index (χ2v) is 7.22. The van der Waals surface area contributed by atoms with E-state index in [1.54, 1.807) is 12.1 Å². The Bertz CT molecular complexity index is 784. The van der Waals surface area contributed by atoms with E-state index in [1.807, 2.05) is 14.1 Å². The van der Waals surface area contributed by atoms with Crippen molar-refractivity contribution in [3.8, 4) is 0 Å². The first-order chi connectivity index (χ1) is 11.8. The number of amides is 2. The molecule has 0 radical (unpaired) electrons. The molecule has 10 heteroatoms. The maximum Gasteiger partial charge on any atom is 0.290 e. The largest absolute Gasteiger partial charge is 0.369 e. The van der Waals surface area contributed by atoms with E-state index in [2.05, 4.69) is 15.1 Å².